The van der Waals surface area contributed by atoms with E-state index in [0.29, 0.717) is 10.7 Å². The number of carboxylic acid groups (broad SMARTS) is 1. The van der Waals surface area contributed by atoms with Gasteiger partial charge in [0.2, 0.25) is 0 Å². The molecule has 0 aliphatic carbocycles. The minimum atomic E-state index is -4.65. The number of hydrogen-bond donors (Lipinski definition) is 1. The number of nitrogens with zero attached hydrogens (tertiary/aromatic N) is 4. The van der Waals surface area contributed by atoms with Crippen LogP contribution >= 0.6 is 11.6 Å². The van der Waals surface area contributed by atoms with Gasteiger partial charge in [0, 0.05) is 30.4 Å². The van der Waals surface area contributed by atoms with Crippen LogP contribution < -0.4 is 4.90 Å². The standard InChI is InChI=1S/C14H10ClF3N4O2/c15-7-1-2-22-10(4-19)12(20-11(22)3-7)21-5-8(13(23)24)9(6-21)14(16,17)18/h1-3,8-9H,5-6H2,(H,23,24)/t8-,9-/m1/s1. The Bertz CT molecular complexity index is 858. The molecule has 2 atom stereocenters. The highest BCUT2D eigenvalue weighted by Gasteiger charge is 2.53. The van der Waals surface area contributed by atoms with E-state index in [9.17, 15) is 23.2 Å². The van der Waals surface area contributed by atoms with E-state index in [1.165, 1.54) is 27.6 Å². The first kappa shape index (κ1) is 16.4. The summed E-state index contributed by atoms with van der Waals surface area (Å²) >= 11 is 5.85. The molecule has 2 aromatic heterocycles. The van der Waals surface area contributed by atoms with Gasteiger partial charge in [-0.05, 0) is 6.07 Å². The van der Waals surface area contributed by atoms with Crippen molar-refractivity contribution in [1.82, 2.24) is 9.38 Å². The van der Waals surface area contributed by atoms with Crippen LogP contribution in [0.3, 0.4) is 0 Å². The number of nitriles is 1. The van der Waals surface area contributed by atoms with Crippen molar-refractivity contribution in [2.45, 2.75) is 6.18 Å². The van der Waals surface area contributed by atoms with E-state index in [-0.39, 0.29) is 18.1 Å². The second-order valence-corrected chi connectivity index (χ2v) is 5.90. The lowest BCUT2D eigenvalue weighted by Crippen LogP contribution is -2.33. The molecule has 0 radical (unpaired) electrons. The number of alkyl halides is 3. The summed E-state index contributed by atoms with van der Waals surface area (Å²) in [5.41, 5.74) is 0.338. The van der Waals surface area contributed by atoms with Gasteiger partial charge in [-0.25, -0.2) is 4.98 Å². The number of anilines is 1. The van der Waals surface area contributed by atoms with E-state index >= 15 is 0 Å². The number of rotatable bonds is 2. The van der Waals surface area contributed by atoms with Crippen molar-refractivity contribution in [2.75, 3.05) is 18.0 Å². The van der Waals surface area contributed by atoms with E-state index in [0.717, 1.165) is 0 Å². The fourth-order valence-electron chi connectivity index (χ4n) is 2.89. The molecule has 0 bridgehead atoms. The van der Waals surface area contributed by atoms with Gasteiger partial charge in [-0.3, -0.25) is 9.20 Å². The van der Waals surface area contributed by atoms with Crippen molar-refractivity contribution in [2.24, 2.45) is 11.8 Å². The Balaban J connectivity index is 2.05. The van der Waals surface area contributed by atoms with Crippen LogP contribution in [0.25, 0.3) is 5.65 Å². The monoisotopic (exact) mass is 358 g/mol. The Labute approximate surface area is 138 Å². The number of carboxylic acids is 1. The summed E-state index contributed by atoms with van der Waals surface area (Å²) in [6.45, 7) is -0.932. The molecule has 1 aliphatic heterocycles. The van der Waals surface area contributed by atoms with E-state index in [2.05, 4.69) is 4.98 Å². The Morgan fingerprint density at radius 2 is 2.17 bits per heavy atom. The molecule has 0 amide bonds. The van der Waals surface area contributed by atoms with Crippen LogP contribution in [0.2, 0.25) is 5.02 Å². The molecular weight excluding hydrogens is 349 g/mol. The second-order valence-electron chi connectivity index (χ2n) is 5.47. The quantitative estimate of drug-likeness (QED) is 0.892. The van der Waals surface area contributed by atoms with Gasteiger partial charge in [-0.1, -0.05) is 11.6 Å². The summed E-state index contributed by atoms with van der Waals surface area (Å²) in [7, 11) is 0. The topological polar surface area (TPSA) is 81.6 Å². The number of fused-ring (bicyclic) bond motifs is 1. The molecule has 0 saturated carbocycles. The van der Waals surface area contributed by atoms with Gasteiger partial charge >= 0.3 is 12.1 Å². The molecule has 126 valence electrons. The number of aliphatic carboxylic acids is 1. The largest absolute Gasteiger partial charge is 0.481 e. The summed E-state index contributed by atoms with van der Waals surface area (Å²) < 4.78 is 40.7. The third-order valence-electron chi connectivity index (χ3n) is 4.03. The lowest BCUT2D eigenvalue weighted by atomic mass is 9.96. The van der Waals surface area contributed by atoms with Gasteiger partial charge in [0.1, 0.15) is 11.7 Å². The summed E-state index contributed by atoms with van der Waals surface area (Å²) in [6.07, 6.45) is -3.16. The van der Waals surface area contributed by atoms with Crippen LogP contribution in [0.1, 0.15) is 5.69 Å². The maximum Gasteiger partial charge on any atom is 0.394 e. The van der Waals surface area contributed by atoms with E-state index < -0.39 is 30.5 Å². The van der Waals surface area contributed by atoms with Crippen LogP contribution in [-0.2, 0) is 4.79 Å². The molecule has 1 N–H and O–H groups in total. The average Bonchev–Trinajstić information content (AvgIpc) is 3.07. The van der Waals surface area contributed by atoms with Gasteiger partial charge in [-0.15, -0.1) is 0 Å². The number of imidazole rings is 1. The van der Waals surface area contributed by atoms with Crippen LogP contribution in [0, 0.1) is 23.2 Å². The molecule has 1 fully saturated rings. The first-order chi connectivity index (χ1) is 11.2. The van der Waals surface area contributed by atoms with Crippen molar-refractivity contribution in [3.8, 4) is 6.07 Å². The Kier molecular flexibility index (Phi) is 3.80. The van der Waals surface area contributed by atoms with Crippen molar-refractivity contribution in [1.29, 1.82) is 5.26 Å². The van der Waals surface area contributed by atoms with Gasteiger partial charge in [0.15, 0.2) is 11.5 Å². The molecule has 24 heavy (non-hydrogen) atoms. The van der Waals surface area contributed by atoms with Crippen molar-refractivity contribution in [3.63, 3.8) is 0 Å². The van der Waals surface area contributed by atoms with Crippen molar-refractivity contribution < 1.29 is 23.1 Å². The van der Waals surface area contributed by atoms with Crippen molar-refractivity contribution >= 4 is 29.0 Å². The van der Waals surface area contributed by atoms with Crippen LogP contribution in [0.5, 0.6) is 0 Å². The maximum atomic E-state index is 13.1. The Morgan fingerprint density at radius 3 is 2.71 bits per heavy atom. The normalized spacial score (nSPS) is 21.2. The molecule has 0 aromatic carbocycles. The highest BCUT2D eigenvalue weighted by molar-refractivity contribution is 6.30. The van der Waals surface area contributed by atoms with Gasteiger partial charge in [0.25, 0.3) is 0 Å². The smallest absolute Gasteiger partial charge is 0.394 e. The lowest BCUT2D eigenvalue weighted by Gasteiger charge is -2.18. The molecule has 3 rings (SSSR count). The summed E-state index contributed by atoms with van der Waals surface area (Å²) in [4.78, 5) is 16.5. The number of aromatic nitrogens is 2. The molecule has 1 saturated heterocycles. The van der Waals surface area contributed by atoms with Crippen molar-refractivity contribution in [3.05, 3.63) is 29.0 Å². The number of pyridine rings is 1. The molecule has 10 heteroatoms. The molecule has 3 heterocycles. The highest BCUT2D eigenvalue weighted by Crippen LogP contribution is 2.40. The zero-order valence-electron chi connectivity index (χ0n) is 12.0. The molecule has 2 aromatic rings. The summed E-state index contributed by atoms with van der Waals surface area (Å²) in [5.74, 6) is -5.12. The fraction of sp³-hybridized carbons (Fsp3) is 0.357. The van der Waals surface area contributed by atoms with E-state index in [1.54, 1.807) is 0 Å². The molecule has 0 unspecified atom stereocenters. The van der Waals surface area contributed by atoms with E-state index in [4.69, 9.17) is 16.7 Å². The summed E-state index contributed by atoms with van der Waals surface area (Å²) in [6, 6.07) is 4.89. The lowest BCUT2D eigenvalue weighted by molar-refractivity contribution is -0.187. The SMILES string of the molecule is N#Cc1c(N2C[C@@H](C(F)(F)F)[C@H](C(=O)O)C2)nc2cc(Cl)ccn12. The molecule has 0 spiro atoms. The second kappa shape index (κ2) is 5.56. The predicted molar refractivity (Wildman–Crippen MR) is 77.8 cm³/mol. The fourth-order valence-corrected chi connectivity index (χ4v) is 3.04. The number of hydrogen-bond acceptors (Lipinski definition) is 4. The third-order valence-corrected chi connectivity index (χ3v) is 4.27. The zero-order chi connectivity index (χ0) is 17.6. The number of carbonyl (C=O) groups is 1. The van der Waals surface area contributed by atoms with Gasteiger partial charge < -0.3 is 10.0 Å². The highest BCUT2D eigenvalue weighted by atomic mass is 35.5. The van der Waals surface area contributed by atoms with Crippen LogP contribution in [0.4, 0.5) is 19.0 Å². The zero-order valence-corrected chi connectivity index (χ0v) is 12.7. The molecular formula is C14H10ClF3N4O2. The van der Waals surface area contributed by atoms with Crippen LogP contribution in [-0.4, -0.2) is 39.7 Å². The first-order valence-corrected chi connectivity index (χ1v) is 7.22. The minimum Gasteiger partial charge on any atom is -0.481 e. The third kappa shape index (κ3) is 2.63. The minimum absolute atomic E-state index is 0.0257. The Hall–Kier alpha value is -2.47. The summed E-state index contributed by atoms with van der Waals surface area (Å²) in [5, 5.41) is 18.8. The van der Waals surface area contributed by atoms with Gasteiger partial charge in [-0.2, -0.15) is 18.4 Å². The van der Waals surface area contributed by atoms with E-state index in [1.807, 2.05) is 6.07 Å². The maximum absolute atomic E-state index is 13.1. The number of halogens is 4. The van der Waals surface area contributed by atoms with Gasteiger partial charge in [0.05, 0.1) is 11.8 Å². The first-order valence-electron chi connectivity index (χ1n) is 6.84. The Morgan fingerprint density at radius 1 is 1.46 bits per heavy atom. The predicted octanol–water partition coefficient (Wildman–Crippen LogP) is 2.56. The molecule has 6 nitrogen and oxygen atoms in total. The molecule has 1 aliphatic rings. The van der Waals surface area contributed by atoms with Crippen LogP contribution in [0.15, 0.2) is 18.3 Å². The average molecular weight is 359 g/mol.